The first-order valence-electron chi connectivity index (χ1n) is 10.8. The van der Waals surface area contributed by atoms with E-state index in [0.717, 1.165) is 15.4 Å². The molecule has 0 aromatic heterocycles. The fraction of sp³-hybridized carbons (Fsp3) is 0.208. The summed E-state index contributed by atoms with van der Waals surface area (Å²) in [7, 11) is -4.50. The SMILES string of the molecule is Cc1ccc2c(c1)[C@@H]1N(C(=O)OCc3ccccc3)c3ccccc3[C@H](C[N+](=O)[O-])N1S(=O)(=O)O2. The Balaban J connectivity index is 1.68. The number of nitrogens with zero attached hydrogens (tertiary/aromatic N) is 3. The molecule has 2 aliphatic heterocycles. The zero-order valence-corrected chi connectivity index (χ0v) is 19.4. The maximum atomic E-state index is 13.5. The van der Waals surface area contributed by atoms with Crippen molar-refractivity contribution >= 4 is 22.1 Å². The summed E-state index contributed by atoms with van der Waals surface area (Å²) in [5, 5.41) is 11.6. The van der Waals surface area contributed by atoms with Gasteiger partial charge in [-0.25, -0.2) is 4.79 Å². The van der Waals surface area contributed by atoms with Gasteiger partial charge in [0.1, 0.15) is 18.8 Å². The Bertz CT molecular complexity index is 1410. The molecule has 0 spiro atoms. The third kappa shape index (κ3) is 4.08. The van der Waals surface area contributed by atoms with Crippen LogP contribution < -0.4 is 9.08 Å². The fourth-order valence-corrected chi connectivity index (χ4v) is 5.91. The summed E-state index contributed by atoms with van der Waals surface area (Å²) in [5.74, 6) is 0.0527. The van der Waals surface area contributed by atoms with Crippen molar-refractivity contribution in [2.24, 2.45) is 0 Å². The Labute approximate surface area is 201 Å². The average molecular weight is 496 g/mol. The van der Waals surface area contributed by atoms with Crippen molar-refractivity contribution < 1.29 is 27.1 Å². The number of carbonyl (C=O) groups is 1. The molecule has 10 nitrogen and oxygen atoms in total. The number of ether oxygens (including phenoxy) is 1. The number of aryl methyl sites for hydroxylation is 1. The van der Waals surface area contributed by atoms with E-state index in [1.807, 2.05) is 25.1 Å². The number of fused-ring (bicyclic) bond motifs is 4. The van der Waals surface area contributed by atoms with Crippen LogP contribution in [0.25, 0.3) is 0 Å². The highest BCUT2D eigenvalue weighted by atomic mass is 32.2. The van der Waals surface area contributed by atoms with Crippen molar-refractivity contribution in [3.63, 3.8) is 0 Å². The maximum absolute atomic E-state index is 13.5. The molecule has 5 rings (SSSR count). The van der Waals surface area contributed by atoms with Gasteiger partial charge >= 0.3 is 16.4 Å². The molecule has 0 saturated heterocycles. The Kier molecular flexibility index (Phi) is 5.65. The Morgan fingerprint density at radius 3 is 2.51 bits per heavy atom. The van der Waals surface area contributed by atoms with E-state index in [0.29, 0.717) is 16.8 Å². The molecule has 0 fully saturated rings. The lowest BCUT2D eigenvalue weighted by Crippen LogP contribution is -2.56. The Hall–Kier alpha value is -3.96. The molecule has 1 amide bonds. The van der Waals surface area contributed by atoms with E-state index in [1.54, 1.807) is 48.5 Å². The van der Waals surface area contributed by atoms with Gasteiger partial charge in [0.25, 0.3) is 0 Å². The highest BCUT2D eigenvalue weighted by Crippen LogP contribution is 2.51. The zero-order chi connectivity index (χ0) is 24.7. The van der Waals surface area contributed by atoms with Crippen molar-refractivity contribution in [2.45, 2.75) is 25.7 Å². The molecule has 0 bridgehead atoms. The molecule has 2 atom stereocenters. The van der Waals surface area contributed by atoms with Gasteiger partial charge in [-0.1, -0.05) is 60.2 Å². The summed E-state index contributed by atoms with van der Waals surface area (Å²) < 4.78 is 38.4. The summed E-state index contributed by atoms with van der Waals surface area (Å²) in [5.41, 5.74) is 2.59. The first-order chi connectivity index (χ1) is 16.8. The Morgan fingerprint density at radius 1 is 1.06 bits per heavy atom. The third-order valence-corrected chi connectivity index (χ3v) is 7.33. The van der Waals surface area contributed by atoms with Crippen LogP contribution in [0.1, 0.15) is 34.5 Å². The van der Waals surface area contributed by atoms with Crippen LogP contribution in [0.4, 0.5) is 10.5 Å². The first-order valence-corrected chi connectivity index (χ1v) is 12.2. The molecule has 35 heavy (non-hydrogen) atoms. The second kappa shape index (κ2) is 8.67. The lowest BCUT2D eigenvalue weighted by Gasteiger charge is -2.47. The van der Waals surface area contributed by atoms with E-state index in [4.69, 9.17) is 8.92 Å². The minimum absolute atomic E-state index is 0.0344. The molecule has 0 N–H and O–H groups in total. The van der Waals surface area contributed by atoms with Crippen LogP contribution in [0, 0.1) is 17.0 Å². The van der Waals surface area contributed by atoms with Crippen LogP contribution in [0.2, 0.25) is 0 Å². The second-order valence-corrected chi connectivity index (χ2v) is 9.73. The van der Waals surface area contributed by atoms with Gasteiger partial charge in [-0.3, -0.25) is 15.0 Å². The quantitative estimate of drug-likeness (QED) is 0.395. The van der Waals surface area contributed by atoms with E-state index in [2.05, 4.69) is 0 Å². The zero-order valence-electron chi connectivity index (χ0n) is 18.6. The number of hydrogen-bond donors (Lipinski definition) is 0. The number of carbonyl (C=O) groups excluding carboxylic acids is 1. The molecule has 0 saturated carbocycles. The smallest absolute Gasteiger partial charge is 0.416 e. The number of amides is 1. The molecule has 2 aliphatic rings. The predicted molar refractivity (Wildman–Crippen MR) is 125 cm³/mol. The standard InChI is InChI=1S/C24H21N3O7S/c1-16-11-12-22-19(13-16)23-26(24(28)33-15-17-7-3-2-4-8-17)20-10-6-5-9-18(20)21(14-25(29)30)27(23)35(31,32)34-22/h2-13,21,23H,14-15H2,1H3/t21-,23+/m0/s1. The van der Waals surface area contributed by atoms with E-state index in [9.17, 15) is 23.3 Å². The first kappa shape index (κ1) is 22.8. The predicted octanol–water partition coefficient (Wildman–Crippen LogP) is 4.11. The minimum atomic E-state index is -4.50. The molecule has 2 heterocycles. The molecule has 3 aromatic carbocycles. The van der Waals surface area contributed by atoms with Gasteiger partial charge < -0.3 is 8.92 Å². The van der Waals surface area contributed by atoms with Gasteiger partial charge in [-0.05, 0) is 30.7 Å². The van der Waals surface area contributed by atoms with Crippen molar-refractivity contribution in [3.05, 3.63) is 105 Å². The summed E-state index contributed by atoms with van der Waals surface area (Å²) in [6, 6.07) is 19.3. The number of rotatable bonds is 4. The molecule has 0 unspecified atom stereocenters. The van der Waals surface area contributed by atoms with Crippen molar-refractivity contribution in [1.29, 1.82) is 0 Å². The fourth-order valence-electron chi connectivity index (χ4n) is 4.51. The highest BCUT2D eigenvalue weighted by Gasteiger charge is 2.54. The van der Waals surface area contributed by atoms with Crippen LogP contribution >= 0.6 is 0 Å². The molecule has 11 heteroatoms. The lowest BCUT2D eigenvalue weighted by atomic mass is 9.96. The number of para-hydroxylation sites is 1. The van der Waals surface area contributed by atoms with E-state index >= 15 is 0 Å². The molecule has 3 aromatic rings. The van der Waals surface area contributed by atoms with Gasteiger partial charge in [0.2, 0.25) is 6.54 Å². The van der Waals surface area contributed by atoms with E-state index in [1.165, 1.54) is 11.0 Å². The van der Waals surface area contributed by atoms with Gasteiger partial charge in [0.05, 0.1) is 5.69 Å². The third-order valence-electron chi connectivity index (χ3n) is 5.97. The van der Waals surface area contributed by atoms with Gasteiger partial charge in [-0.15, -0.1) is 4.31 Å². The van der Waals surface area contributed by atoms with Crippen molar-refractivity contribution in [1.82, 2.24) is 4.31 Å². The lowest BCUT2D eigenvalue weighted by molar-refractivity contribution is -0.487. The van der Waals surface area contributed by atoms with E-state index < -0.39 is 40.1 Å². The van der Waals surface area contributed by atoms with Crippen LogP contribution in [-0.2, 0) is 21.6 Å². The van der Waals surface area contributed by atoms with Crippen LogP contribution in [0.3, 0.4) is 0 Å². The van der Waals surface area contributed by atoms with Gasteiger partial charge in [0.15, 0.2) is 5.75 Å². The molecule has 0 radical (unpaired) electrons. The van der Waals surface area contributed by atoms with Crippen LogP contribution in [0.15, 0.2) is 72.8 Å². The van der Waals surface area contributed by atoms with E-state index in [-0.39, 0.29) is 12.4 Å². The second-order valence-electron chi connectivity index (χ2n) is 8.29. The molecule has 180 valence electrons. The van der Waals surface area contributed by atoms with Gasteiger partial charge in [-0.2, -0.15) is 8.42 Å². The van der Waals surface area contributed by atoms with Gasteiger partial charge in [0, 0.05) is 16.1 Å². The average Bonchev–Trinajstić information content (AvgIpc) is 2.83. The number of nitro groups is 1. The number of hydrogen-bond acceptors (Lipinski definition) is 7. The molecular formula is C24H21N3O7S. The minimum Gasteiger partial charge on any atom is -0.444 e. The summed E-state index contributed by atoms with van der Waals surface area (Å²) in [6.45, 7) is 1.08. The number of benzene rings is 3. The normalized spacial score (nSPS) is 20.1. The monoisotopic (exact) mass is 495 g/mol. The van der Waals surface area contributed by atoms with Crippen molar-refractivity contribution in [3.8, 4) is 5.75 Å². The summed E-state index contributed by atoms with van der Waals surface area (Å²) >= 11 is 0. The summed E-state index contributed by atoms with van der Waals surface area (Å²) in [4.78, 5) is 25.8. The van der Waals surface area contributed by atoms with Crippen LogP contribution in [0.5, 0.6) is 5.75 Å². The topological polar surface area (TPSA) is 119 Å². The maximum Gasteiger partial charge on any atom is 0.416 e. The highest BCUT2D eigenvalue weighted by molar-refractivity contribution is 7.84. The summed E-state index contributed by atoms with van der Waals surface area (Å²) in [6.07, 6.45) is -2.02. The number of anilines is 1. The largest absolute Gasteiger partial charge is 0.444 e. The van der Waals surface area contributed by atoms with Crippen LogP contribution in [-0.4, -0.2) is 30.3 Å². The Morgan fingerprint density at radius 2 is 1.77 bits per heavy atom. The molecule has 0 aliphatic carbocycles. The van der Waals surface area contributed by atoms with Crippen molar-refractivity contribution in [2.75, 3.05) is 11.4 Å². The molecular weight excluding hydrogens is 474 g/mol.